The highest BCUT2D eigenvalue weighted by Gasteiger charge is 2.37. The lowest BCUT2D eigenvalue weighted by Crippen LogP contribution is -2.43. The fourth-order valence-corrected chi connectivity index (χ4v) is 4.23. The summed E-state index contributed by atoms with van der Waals surface area (Å²) in [5.41, 5.74) is 0.418. The van der Waals surface area contributed by atoms with Crippen LogP contribution in [0.3, 0.4) is 0 Å². The van der Waals surface area contributed by atoms with Crippen LogP contribution >= 0.6 is 0 Å². The lowest BCUT2D eigenvalue weighted by Gasteiger charge is -2.43. The highest BCUT2D eigenvalue weighted by Crippen LogP contribution is 2.45. The molecule has 0 spiro atoms. The van der Waals surface area contributed by atoms with Gasteiger partial charge in [0.25, 0.3) is 0 Å². The number of rotatable bonds is 7. The van der Waals surface area contributed by atoms with Crippen molar-refractivity contribution in [2.75, 3.05) is 19.6 Å². The predicted molar refractivity (Wildman–Crippen MR) is 88.1 cm³/mol. The average Bonchev–Trinajstić information content (AvgIpc) is 2.42. The van der Waals surface area contributed by atoms with Gasteiger partial charge < -0.3 is 10.6 Å². The summed E-state index contributed by atoms with van der Waals surface area (Å²) in [6, 6.07) is 0. The fraction of sp³-hybridized carbons (Fsp3) is 0.944. The van der Waals surface area contributed by atoms with Crippen molar-refractivity contribution in [1.82, 2.24) is 10.6 Å². The predicted octanol–water partition coefficient (Wildman–Crippen LogP) is 3.34. The van der Waals surface area contributed by atoms with E-state index < -0.39 is 0 Å². The largest absolute Gasteiger partial charge is 0.356 e. The van der Waals surface area contributed by atoms with E-state index in [1.165, 1.54) is 38.5 Å². The third-order valence-corrected chi connectivity index (χ3v) is 5.61. The van der Waals surface area contributed by atoms with Crippen LogP contribution in [0, 0.1) is 23.2 Å². The zero-order valence-corrected chi connectivity index (χ0v) is 14.2. The molecular formula is C18H34N2O. The van der Waals surface area contributed by atoms with Gasteiger partial charge in [0.15, 0.2) is 0 Å². The van der Waals surface area contributed by atoms with Crippen LogP contribution in [0.4, 0.5) is 0 Å². The minimum Gasteiger partial charge on any atom is -0.356 e. The third-order valence-electron chi connectivity index (χ3n) is 5.61. The summed E-state index contributed by atoms with van der Waals surface area (Å²) in [6.45, 7) is 9.98. The summed E-state index contributed by atoms with van der Waals surface area (Å²) < 4.78 is 0. The molecule has 1 amide bonds. The Labute approximate surface area is 130 Å². The summed E-state index contributed by atoms with van der Waals surface area (Å²) in [5, 5.41) is 6.65. The molecule has 2 fully saturated rings. The normalized spacial score (nSPS) is 23.6. The average molecular weight is 294 g/mol. The van der Waals surface area contributed by atoms with Crippen molar-refractivity contribution in [1.29, 1.82) is 0 Å². The molecule has 1 atom stereocenters. The van der Waals surface area contributed by atoms with Gasteiger partial charge in [-0.2, -0.15) is 0 Å². The van der Waals surface area contributed by atoms with Crippen LogP contribution in [0.15, 0.2) is 0 Å². The number of amides is 1. The van der Waals surface area contributed by atoms with E-state index in [9.17, 15) is 4.79 Å². The number of carbonyl (C=O) groups excluding carboxylic acids is 1. The Kier molecular flexibility index (Phi) is 6.09. The van der Waals surface area contributed by atoms with Crippen molar-refractivity contribution in [3.05, 3.63) is 0 Å². The fourth-order valence-electron chi connectivity index (χ4n) is 4.23. The van der Waals surface area contributed by atoms with Crippen LogP contribution in [0.1, 0.15) is 65.7 Å². The van der Waals surface area contributed by atoms with Gasteiger partial charge in [-0.05, 0) is 68.4 Å². The molecule has 0 radical (unpaired) electrons. The van der Waals surface area contributed by atoms with Crippen LogP contribution in [-0.4, -0.2) is 25.5 Å². The van der Waals surface area contributed by atoms with E-state index in [4.69, 9.17) is 0 Å². The molecule has 0 bridgehead atoms. The van der Waals surface area contributed by atoms with E-state index in [2.05, 4.69) is 31.4 Å². The van der Waals surface area contributed by atoms with E-state index in [1.807, 2.05) is 0 Å². The molecule has 3 nitrogen and oxygen atoms in total. The Hall–Kier alpha value is -0.570. The first kappa shape index (κ1) is 16.8. The Bertz CT molecular complexity index is 330. The quantitative estimate of drug-likeness (QED) is 0.756. The number of carbonyl (C=O) groups is 1. The van der Waals surface area contributed by atoms with Gasteiger partial charge in [-0.3, -0.25) is 4.79 Å². The lowest BCUT2D eigenvalue weighted by molar-refractivity contribution is -0.123. The molecule has 2 rings (SSSR count). The summed E-state index contributed by atoms with van der Waals surface area (Å²) in [4.78, 5) is 12.2. The molecule has 1 aliphatic heterocycles. The molecule has 0 aromatic carbocycles. The molecule has 1 saturated heterocycles. The van der Waals surface area contributed by atoms with Crippen LogP contribution in [0.5, 0.6) is 0 Å². The highest BCUT2D eigenvalue weighted by molar-refractivity contribution is 5.76. The summed E-state index contributed by atoms with van der Waals surface area (Å²) >= 11 is 0. The Morgan fingerprint density at radius 3 is 2.43 bits per heavy atom. The first-order chi connectivity index (χ1) is 10.0. The van der Waals surface area contributed by atoms with Gasteiger partial charge in [0.05, 0.1) is 0 Å². The third kappa shape index (κ3) is 4.98. The zero-order valence-electron chi connectivity index (χ0n) is 14.2. The number of hydrogen-bond acceptors (Lipinski definition) is 2. The molecular weight excluding hydrogens is 260 g/mol. The van der Waals surface area contributed by atoms with Crippen molar-refractivity contribution in [3.63, 3.8) is 0 Å². The van der Waals surface area contributed by atoms with Gasteiger partial charge in [0.2, 0.25) is 5.91 Å². The molecule has 2 aliphatic rings. The molecule has 0 aromatic heterocycles. The number of hydrogen-bond donors (Lipinski definition) is 2. The standard InChI is InChI=1S/C18H34N2O/c1-14(2)12-18(7-4-8-18)13-20-17(21)11-15(3)16-5-9-19-10-6-16/h14-16,19H,4-13H2,1-3H3,(H,20,21). The van der Waals surface area contributed by atoms with Crippen molar-refractivity contribution >= 4 is 5.91 Å². The van der Waals surface area contributed by atoms with Gasteiger partial charge in [-0.15, -0.1) is 0 Å². The van der Waals surface area contributed by atoms with E-state index in [-0.39, 0.29) is 5.91 Å². The summed E-state index contributed by atoms with van der Waals surface area (Å²) in [7, 11) is 0. The second kappa shape index (κ2) is 7.62. The van der Waals surface area contributed by atoms with Crippen molar-refractivity contribution in [2.24, 2.45) is 23.2 Å². The first-order valence-corrected chi connectivity index (χ1v) is 8.98. The Balaban J connectivity index is 1.71. The van der Waals surface area contributed by atoms with Crippen LogP contribution in [0.25, 0.3) is 0 Å². The molecule has 3 heteroatoms. The highest BCUT2D eigenvalue weighted by atomic mass is 16.1. The monoisotopic (exact) mass is 294 g/mol. The van der Waals surface area contributed by atoms with Gasteiger partial charge in [0, 0.05) is 13.0 Å². The van der Waals surface area contributed by atoms with E-state index in [1.54, 1.807) is 0 Å². The molecule has 2 N–H and O–H groups in total. The van der Waals surface area contributed by atoms with Crippen LogP contribution in [-0.2, 0) is 4.79 Å². The maximum absolute atomic E-state index is 12.2. The second-order valence-corrected chi connectivity index (χ2v) is 8.00. The van der Waals surface area contributed by atoms with Crippen molar-refractivity contribution in [3.8, 4) is 0 Å². The summed E-state index contributed by atoms with van der Waals surface area (Å²) in [6.07, 6.45) is 8.37. The SMILES string of the molecule is CC(C)CC1(CNC(=O)CC(C)C2CCNCC2)CCC1. The number of nitrogens with one attached hydrogen (secondary N) is 2. The van der Waals surface area contributed by atoms with Crippen molar-refractivity contribution < 1.29 is 4.79 Å². The second-order valence-electron chi connectivity index (χ2n) is 8.00. The van der Waals surface area contributed by atoms with E-state index >= 15 is 0 Å². The van der Waals surface area contributed by atoms with E-state index in [0.29, 0.717) is 17.8 Å². The van der Waals surface area contributed by atoms with Gasteiger partial charge in [0.1, 0.15) is 0 Å². The smallest absolute Gasteiger partial charge is 0.220 e. The first-order valence-electron chi connectivity index (χ1n) is 8.98. The number of piperidine rings is 1. The topological polar surface area (TPSA) is 41.1 Å². The maximum Gasteiger partial charge on any atom is 0.220 e. The molecule has 21 heavy (non-hydrogen) atoms. The zero-order chi connectivity index (χ0) is 15.3. The van der Waals surface area contributed by atoms with Gasteiger partial charge in [-0.1, -0.05) is 27.2 Å². The minimum atomic E-state index is 0.274. The van der Waals surface area contributed by atoms with Crippen molar-refractivity contribution in [2.45, 2.75) is 65.7 Å². The Morgan fingerprint density at radius 1 is 1.24 bits per heavy atom. The van der Waals surface area contributed by atoms with E-state index in [0.717, 1.165) is 31.5 Å². The molecule has 1 heterocycles. The molecule has 1 unspecified atom stereocenters. The molecule has 0 aromatic rings. The summed E-state index contributed by atoms with van der Waals surface area (Å²) in [5.74, 6) is 2.26. The Morgan fingerprint density at radius 2 is 1.90 bits per heavy atom. The molecule has 1 saturated carbocycles. The maximum atomic E-state index is 12.2. The van der Waals surface area contributed by atoms with Crippen LogP contribution < -0.4 is 10.6 Å². The van der Waals surface area contributed by atoms with Gasteiger partial charge in [-0.25, -0.2) is 0 Å². The van der Waals surface area contributed by atoms with Gasteiger partial charge >= 0.3 is 0 Å². The minimum absolute atomic E-state index is 0.274. The molecule has 1 aliphatic carbocycles. The lowest BCUT2D eigenvalue weighted by atomic mass is 9.64. The molecule has 122 valence electrons. The van der Waals surface area contributed by atoms with Crippen LogP contribution in [0.2, 0.25) is 0 Å².